The van der Waals surface area contributed by atoms with Crippen LogP contribution in [0.5, 0.6) is 0 Å². The van der Waals surface area contributed by atoms with Gasteiger partial charge in [-0.25, -0.2) is 0 Å². The van der Waals surface area contributed by atoms with Crippen LogP contribution in [0.3, 0.4) is 0 Å². The molecule has 0 saturated heterocycles. The van der Waals surface area contributed by atoms with Crippen LogP contribution in [0.15, 0.2) is 22.4 Å². The molecule has 0 aromatic heterocycles. The maximum atomic E-state index is 11.3. The molecule has 0 saturated carbocycles. The van der Waals surface area contributed by atoms with E-state index < -0.39 is 0 Å². The van der Waals surface area contributed by atoms with E-state index in [1.807, 2.05) is 12.2 Å². The first kappa shape index (κ1) is 15.7. The second-order valence-electron chi connectivity index (χ2n) is 4.05. The van der Waals surface area contributed by atoms with Gasteiger partial charge in [-0.3, -0.25) is 0 Å². The first-order chi connectivity index (χ1) is 7.66. The number of allylic oxidation sites excluding steroid dienone is 2. The molecule has 1 amide bonds. The second-order valence-corrected chi connectivity index (χ2v) is 6.94. The SMILES string of the molecule is CCCC[Te]/C=C\C=C\C(=O)NCC(C)C. The zero-order valence-corrected chi connectivity index (χ0v) is 12.9. The molecule has 0 spiro atoms. The molecule has 0 heterocycles. The molecular weight excluding hydrogens is 314 g/mol. The van der Waals surface area contributed by atoms with Gasteiger partial charge in [-0.2, -0.15) is 0 Å². The molecule has 1 N–H and O–H groups in total. The summed E-state index contributed by atoms with van der Waals surface area (Å²) in [4.78, 5) is 11.3. The van der Waals surface area contributed by atoms with E-state index in [0.29, 0.717) is 5.92 Å². The van der Waals surface area contributed by atoms with Crippen molar-refractivity contribution in [2.24, 2.45) is 5.92 Å². The Morgan fingerprint density at radius 1 is 1.38 bits per heavy atom. The van der Waals surface area contributed by atoms with Gasteiger partial charge in [-0.15, -0.1) is 0 Å². The summed E-state index contributed by atoms with van der Waals surface area (Å²) in [6.07, 6.45) is 8.07. The molecular formula is C13H23NOTe. The van der Waals surface area contributed by atoms with Crippen molar-refractivity contribution in [3.8, 4) is 0 Å². The van der Waals surface area contributed by atoms with Gasteiger partial charge < -0.3 is 0 Å². The van der Waals surface area contributed by atoms with Gasteiger partial charge in [0, 0.05) is 0 Å². The summed E-state index contributed by atoms with van der Waals surface area (Å²) in [5.41, 5.74) is 0. The van der Waals surface area contributed by atoms with E-state index >= 15 is 0 Å². The third-order valence-corrected chi connectivity index (χ3v) is 4.33. The molecule has 0 radical (unpaired) electrons. The molecule has 92 valence electrons. The van der Waals surface area contributed by atoms with Crippen LogP contribution in [0.4, 0.5) is 0 Å². The Kier molecular flexibility index (Phi) is 11.0. The quantitative estimate of drug-likeness (QED) is 0.314. The summed E-state index contributed by atoms with van der Waals surface area (Å²) in [5, 5.41) is 2.84. The van der Waals surface area contributed by atoms with Crippen molar-refractivity contribution in [1.29, 1.82) is 0 Å². The Morgan fingerprint density at radius 3 is 2.75 bits per heavy atom. The molecule has 0 aromatic carbocycles. The fourth-order valence-electron chi connectivity index (χ4n) is 0.903. The predicted octanol–water partition coefficient (Wildman–Crippen LogP) is 2.75. The second kappa shape index (κ2) is 11.2. The molecule has 0 atom stereocenters. The van der Waals surface area contributed by atoms with Crippen LogP contribution in [0, 0.1) is 5.92 Å². The summed E-state index contributed by atoms with van der Waals surface area (Å²) in [6, 6.07) is 0. The number of hydrogen-bond acceptors (Lipinski definition) is 1. The molecule has 0 aromatic rings. The van der Waals surface area contributed by atoms with Gasteiger partial charge in [0.2, 0.25) is 0 Å². The van der Waals surface area contributed by atoms with Crippen molar-refractivity contribution in [3.63, 3.8) is 0 Å². The van der Waals surface area contributed by atoms with E-state index in [-0.39, 0.29) is 26.8 Å². The van der Waals surface area contributed by atoms with E-state index in [0.717, 1.165) is 6.54 Å². The van der Waals surface area contributed by atoms with Crippen LogP contribution >= 0.6 is 0 Å². The Labute approximate surface area is 110 Å². The molecule has 0 rings (SSSR count). The molecule has 3 heteroatoms. The number of amides is 1. The van der Waals surface area contributed by atoms with Gasteiger partial charge in [0.15, 0.2) is 0 Å². The molecule has 0 aliphatic rings. The van der Waals surface area contributed by atoms with Gasteiger partial charge in [0.1, 0.15) is 0 Å². The van der Waals surface area contributed by atoms with Gasteiger partial charge in [-0.1, -0.05) is 0 Å². The number of nitrogens with one attached hydrogen (secondary N) is 1. The average molecular weight is 337 g/mol. The summed E-state index contributed by atoms with van der Waals surface area (Å²) in [5.74, 6) is 0.515. The van der Waals surface area contributed by atoms with Crippen molar-refractivity contribution in [2.45, 2.75) is 38.1 Å². The summed E-state index contributed by atoms with van der Waals surface area (Å²) < 4.78 is 3.61. The Morgan fingerprint density at radius 2 is 2.12 bits per heavy atom. The minimum atomic E-state index is 0.00695. The van der Waals surface area contributed by atoms with E-state index in [1.54, 1.807) is 6.08 Å². The van der Waals surface area contributed by atoms with E-state index in [1.165, 1.54) is 17.3 Å². The fourth-order valence-corrected chi connectivity index (χ4v) is 3.17. The molecule has 0 bridgehead atoms. The van der Waals surface area contributed by atoms with E-state index in [2.05, 4.69) is 30.2 Å². The Bertz CT molecular complexity index is 234. The topological polar surface area (TPSA) is 29.1 Å². The van der Waals surface area contributed by atoms with E-state index in [9.17, 15) is 4.79 Å². The van der Waals surface area contributed by atoms with E-state index in [4.69, 9.17) is 0 Å². The number of rotatable bonds is 8. The van der Waals surface area contributed by atoms with Crippen LogP contribution < -0.4 is 5.32 Å². The molecule has 0 fully saturated rings. The molecule has 0 aliphatic carbocycles. The molecule has 2 nitrogen and oxygen atoms in total. The molecule has 16 heavy (non-hydrogen) atoms. The maximum absolute atomic E-state index is 11.3. The number of carbonyl (C=O) groups excluding carboxylic acids is 1. The van der Waals surface area contributed by atoms with Crippen LogP contribution in [0.2, 0.25) is 4.47 Å². The summed E-state index contributed by atoms with van der Waals surface area (Å²) >= 11 is 0.0402. The van der Waals surface area contributed by atoms with Crippen LogP contribution in [-0.4, -0.2) is 33.4 Å². The van der Waals surface area contributed by atoms with Gasteiger partial charge in [-0.05, 0) is 0 Å². The van der Waals surface area contributed by atoms with Crippen LogP contribution in [0.1, 0.15) is 33.6 Å². The van der Waals surface area contributed by atoms with Crippen LogP contribution in [0.25, 0.3) is 0 Å². The van der Waals surface area contributed by atoms with Gasteiger partial charge in [0.05, 0.1) is 0 Å². The monoisotopic (exact) mass is 339 g/mol. The Balaban J connectivity index is 3.54. The van der Waals surface area contributed by atoms with Crippen molar-refractivity contribution >= 4 is 26.8 Å². The average Bonchev–Trinajstić information content (AvgIpc) is 2.25. The van der Waals surface area contributed by atoms with Gasteiger partial charge >= 0.3 is 110 Å². The first-order valence-electron chi connectivity index (χ1n) is 5.89. The number of carbonyl (C=O) groups is 1. The van der Waals surface area contributed by atoms with Gasteiger partial charge in [0.25, 0.3) is 0 Å². The molecule has 0 aliphatic heterocycles. The zero-order chi connectivity index (χ0) is 12.2. The molecule has 0 unspecified atom stereocenters. The summed E-state index contributed by atoms with van der Waals surface area (Å²) in [6.45, 7) is 7.14. The predicted molar refractivity (Wildman–Crippen MR) is 71.6 cm³/mol. The zero-order valence-electron chi connectivity index (χ0n) is 10.5. The Hall–Kier alpha value is -0.260. The minimum absolute atomic E-state index is 0.00695. The standard InChI is InChI=1S/C13H23NOTe/c1-4-5-9-16-10-7-6-8-13(15)14-11-12(2)3/h6-8,10,12H,4-5,9,11H2,1-3H3,(H,14,15)/b8-6+,10-7-. The fraction of sp³-hybridized carbons (Fsp3) is 0.615. The normalized spacial score (nSPS) is 11.8. The van der Waals surface area contributed by atoms with Crippen molar-refractivity contribution < 1.29 is 4.79 Å². The third-order valence-electron chi connectivity index (χ3n) is 1.83. The third kappa shape index (κ3) is 11.8. The number of hydrogen-bond donors (Lipinski definition) is 1. The van der Waals surface area contributed by atoms with Crippen LogP contribution in [-0.2, 0) is 4.79 Å². The van der Waals surface area contributed by atoms with Crippen molar-refractivity contribution in [2.75, 3.05) is 6.54 Å². The first-order valence-corrected chi connectivity index (χ1v) is 8.88. The summed E-state index contributed by atoms with van der Waals surface area (Å²) in [7, 11) is 0. The van der Waals surface area contributed by atoms with Crippen molar-refractivity contribution in [3.05, 3.63) is 22.4 Å². The van der Waals surface area contributed by atoms with Crippen molar-refractivity contribution in [1.82, 2.24) is 5.32 Å². The number of unbranched alkanes of at least 4 members (excludes halogenated alkanes) is 1.